The van der Waals surface area contributed by atoms with Gasteiger partial charge in [0, 0.05) is 5.69 Å². The fourth-order valence-corrected chi connectivity index (χ4v) is 2.55. The highest BCUT2D eigenvalue weighted by atomic mass is 19.1. The van der Waals surface area contributed by atoms with Crippen LogP contribution in [0, 0.1) is 5.82 Å². The number of halogens is 1. The number of hydrogen-bond acceptors (Lipinski definition) is 1. The molecule has 3 rings (SSSR count). The van der Waals surface area contributed by atoms with Crippen molar-refractivity contribution in [3.8, 4) is 0 Å². The standard InChI is InChI=1S/C17H16FN/c18-14-11-9-13(10-12-14)16-7-4-8-17(16)19-15-5-2-1-3-6-15/h1-3,5-7,9-12,17,19H,4,8H2. The van der Waals surface area contributed by atoms with Crippen LogP contribution in [0.3, 0.4) is 0 Å². The Hall–Kier alpha value is -2.09. The number of nitrogens with one attached hydrogen (secondary N) is 1. The van der Waals surface area contributed by atoms with E-state index in [0.717, 1.165) is 24.1 Å². The van der Waals surface area contributed by atoms with Gasteiger partial charge in [-0.25, -0.2) is 4.39 Å². The van der Waals surface area contributed by atoms with Crippen LogP contribution in [0.25, 0.3) is 5.57 Å². The Morgan fingerprint density at radius 1 is 0.947 bits per heavy atom. The fourth-order valence-electron chi connectivity index (χ4n) is 2.55. The van der Waals surface area contributed by atoms with Gasteiger partial charge in [-0.1, -0.05) is 36.4 Å². The molecule has 1 atom stereocenters. The summed E-state index contributed by atoms with van der Waals surface area (Å²) in [5.41, 5.74) is 3.50. The summed E-state index contributed by atoms with van der Waals surface area (Å²) in [5.74, 6) is -0.185. The van der Waals surface area contributed by atoms with Crippen molar-refractivity contribution >= 4 is 11.3 Å². The lowest BCUT2D eigenvalue weighted by molar-refractivity contribution is 0.627. The Bertz CT molecular complexity index is 572. The zero-order valence-corrected chi connectivity index (χ0v) is 10.6. The highest BCUT2D eigenvalue weighted by Crippen LogP contribution is 2.30. The van der Waals surface area contributed by atoms with E-state index in [1.54, 1.807) is 0 Å². The zero-order chi connectivity index (χ0) is 13.1. The van der Waals surface area contributed by atoms with Gasteiger partial charge >= 0.3 is 0 Å². The van der Waals surface area contributed by atoms with E-state index in [9.17, 15) is 4.39 Å². The average Bonchev–Trinajstić information content (AvgIpc) is 2.89. The van der Waals surface area contributed by atoms with Crippen LogP contribution in [0.1, 0.15) is 18.4 Å². The van der Waals surface area contributed by atoms with Crippen molar-refractivity contribution in [1.29, 1.82) is 0 Å². The molecule has 1 aliphatic carbocycles. The second-order valence-electron chi connectivity index (χ2n) is 4.81. The Morgan fingerprint density at radius 2 is 1.68 bits per heavy atom. The summed E-state index contributed by atoms with van der Waals surface area (Å²) in [4.78, 5) is 0. The monoisotopic (exact) mass is 253 g/mol. The quantitative estimate of drug-likeness (QED) is 0.850. The van der Waals surface area contributed by atoms with E-state index in [4.69, 9.17) is 0 Å². The fraction of sp³-hybridized carbons (Fsp3) is 0.176. The van der Waals surface area contributed by atoms with E-state index in [1.165, 1.54) is 17.7 Å². The summed E-state index contributed by atoms with van der Waals surface area (Å²) in [6.45, 7) is 0. The molecule has 0 aromatic heterocycles. The average molecular weight is 253 g/mol. The summed E-state index contributed by atoms with van der Waals surface area (Å²) >= 11 is 0. The third-order valence-corrected chi connectivity index (χ3v) is 3.49. The molecule has 2 aromatic carbocycles. The molecule has 0 amide bonds. The lowest BCUT2D eigenvalue weighted by Gasteiger charge is -2.18. The molecule has 0 radical (unpaired) electrons. The molecule has 1 N–H and O–H groups in total. The Balaban J connectivity index is 1.80. The van der Waals surface area contributed by atoms with Crippen LogP contribution >= 0.6 is 0 Å². The van der Waals surface area contributed by atoms with Crippen molar-refractivity contribution in [2.75, 3.05) is 5.32 Å². The molecule has 1 aliphatic rings. The first-order valence-electron chi connectivity index (χ1n) is 6.60. The molecule has 0 heterocycles. The van der Waals surface area contributed by atoms with Crippen LogP contribution < -0.4 is 5.32 Å². The largest absolute Gasteiger partial charge is 0.378 e. The van der Waals surface area contributed by atoms with Gasteiger partial charge in [0.05, 0.1) is 6.04 Å². The van der Waals surface area contributed by atoms with Gasteiger partial charge in [0.15, 0.2) is 0 Å². The minimum absolute atomic E-state index is 0.185. The van der Waals surface area contributed by atoms with Crippen molar-refractivity contribution < 1.29 is 4.39 Å². The van der Waals surface area contributed by atoms with Gasteiger partial charge in [-0.15, -0.1) is 0 Å². The molecule has 0 saturated heterocycles. The number of allylic oxidation sites excluding steroid dienone is 1. The molecular weight excluding hydrogens is 237 g/mol. The van der Waals surface area contributed by atoms with Crippen LogP contribution in [0.5, 0.6) is 0 Å². The smallest absolute Gasteiger partial charge is 0.123 e. The van der Waals surface area contributed by atoms with Gasteiger partial charge in [0.25, 0.3) is 0 Å². The molecule has 0 bridgehead atoms. The lowest BCUT2D eigenvalue weighted by Crippen LogP contribution is -2.17. The Labute approximate surface area is 112 Å². The predicted molar refractivity (Wildman–Crippen MR) is 77.5 cm³/mol. The van der Waals surface area contributed by atoms with Gasteiger partial charge in [-0.05, 0) is 48.2 Å². The van der Waals surface area contributed by atoms with E-state index in [0.29, 0.717) is 6.04 Å². The molecule has 2 aromatic rings. The highest BCUT2D eigenvalue weighted by Gasteiger charge is 2.20. The van der Waals surface area contributed by atoms with Gasteiger partial charge in [-0.3, -0.25) is 0 Å². The second-order valence-corrected chi connectivity index (χ2v) is 4.81. The number of rotatable bonds is 3. The van der Waals surface area contributed by atoms with E-state index < -0.39 is 0 Å². The third kappa shape index (κ3) is 2.68. The highest BCUT2D eigenvalue weighted by molar-refractivity contribution is 5.74. The second kappa shape index (κ2) is 5.27. The summed E-state index contributed by atoms with van der Waals surface area (Å²) < 4.78 is 13.0. The third-order valence-electron chi connectivity index (χ3n) is 3.49. The maximum Gasteiger partial charge on any atom is 0.123 e. The first-order valence-corrected chi connectivity index (χ1v) is 6.60. The van der Waals surface area contributed by atoms with E-state index in [2.05, 4.69) is 23.5 Å². The number of benzene rings is 2. The van der Waals surface area contributed by atoms with E-state index in [1.807, 2.05) is 30.3 Å². The molecular formula is C17H16FN. The summed E-state index contributed by atoms with van der Waals surface area (Å²) in [6.07, 6.45) is 4.40. The number of para-hydroxylation sites is 1. The zero-order valence-electron chi connectivity index (χ0n) is 10.6. The van der Waals surface area contributed by atoms with Crippen molar-refractivity contribution in [1.82, 2.24) is 0 Å². The van der Waals surface area contributed by atoms with E-state index in [-0.39, 0.29) is 5.82 Å². The van der Waals surface area contributed by atoms with Gasteiger partial charge in [-0.2, -0.15) is 0 Å². The molecule has 1 nitrogen and oxygen atoms in total. The van der Waals surface area contributed by atoms with Crippen LogP contribution in [-0.2, 0) is 0 Å². The van der Waals surface area contributed by atoms with Gasteiger partial charge in [0.1, 0.15) is 5.82 Å². The molecule has 0 aliphatic heterocycles. The maximum atomic E-state index is 13.0. The number of hydrogen-bond donors (Lipinski definition) is 1. The van der Waals surface area contributed by atoms with Crippen LogP contribution in [0.15, 0.2) is 60.7 Å². The van der Waals surface area contributed by atoms with Gasteiger partial charge < -0.3 is 5.32 Å². The molecule has 19 heavy (non-hydrogen) atoms. The minimum Gasteiger partial charge on any atom is -0.378 e. The van der Waals surface area contributed by atoms with Crippen LogP contribution in [0.2, 0.25) is 0 Å². The number of anilines is 1. The SMILES string of the molecule is Fc1ccc(C2=CCCC2Nc2ccccc2)cc1. The van der Waals surface area contributed by atoms with Crippen molar-refractivity contribution in [2.45, 2.75) is 18.9 Å². The molecule has 96 valence electrons. The maximum absolute atomic E-state index is 13.0. The van der Waals surface area contributed by atoms with Crippen LogP contribution in [0.4, 0.5) is 10.1 Å². The molecule has 0 spiro atoms. The first kappa shape index (κ1) is 12.0. The molecule has 0 saturated carbocycles. The van der Waals surface area contributed by atoms with Crippen molar-refractivity contribution in [3.05, 3.63) is 72.1 Å². The normalized spacial score (nSPS) is 18.2. The molecule has 2 heteroatoms. The van der Waals surface area contributed by atoms with Crippen molar-refractivity contribution in [3.63, 3.8) is 0 Å². The summed E-state index contributed by atoms with van der Waals surface area (Å²) in [7, 11) is 0. The van der Waals surface area contributed by atoms with Crippen LogP contribution in [-0.4, -0.2) is 6.04 Å². The molecule has 1 unspecified atom stereocenters. The summed E-state index contributed by atoms with van der Waals surface area (Å²) in [6, 6.07) is 17.3. The van der Waals surface area contributed by atoms with Crippen molar-refractivity contribution in [2.24, 2.45) is 0 Å². The summed E-state index contributed by atoms with van der Waals surface area (Å²) in [5, 5.41) is 3.54. The topological polar surface area (TPSA) is 12.0 Å². The van der Waals surface area contributed by atoms with Gasteiger partial charge in [0.2, 0.25) is 0 Å². The Morgan fingerprint density at radius 3 is 2.42 bits per heavy atom. The minimum atomic E-state index is -0.185. The molecule has 0 fully saturated rings. The lowest BCUT2D eigenvalue weighted by atomic mass is 10.0. The van der Waals surface area contributed by atoms with E-state index >= 15 is 0 Å². The Kier molecular flexibility index (Phi) is 3.32. The predicted octanol–water partition coefficient (Wildman–Crippen LogP) is 4.48. The first-order chi connectivity index (χ1) is 9.33.